The quantitative estimate of drug-likeness (QED) is 0.846. The molecule has 0 aliphatic heterocycles. The summed E-state index contributed by atoms with van der Waals surface area (Å²) in [4.78, 5) is 0. The number of benzene rings is 1. The lowest BCUT2D eigenvalue weighted by atomic mass is 9.84. The Morgan fingerprint density at radius 1 is 1.06 bits per heavy atom. The topological polar surface area (TPSA) is 26.0 Å². The van der Waals surface area contributed by atoms with Crippen molar-refractivity contribution in [2.45, 2.75) is 39.4 Å². The van der Waals surface area contributed by atoms with Crippen molar-refractivity contribution in [3.63, 3.8) is 0 Å². The summed E-state index contributed by atoms with van der Waals surface area (Å²) < 4.78 is 37.0. The van der Waals surface area contributed by atoms with Crippen molar-refractivity contribution in [2.24, 2.45) is 11.1 Å². The highest BCUT2D eigenvalue weighted by atomic mass is 19.4. The minimum absolute atomic E-state index is 0.0529. The lowest BCUT2D eigenvalue weighted by Gasteiger charge is -2.27. The minimum atomic E-state index is -4.27. The van der Waals surface area contributed by atoms with E-state index in [1.54, 1.807) is 0 Å². The van der Waals surface area contributed by atoms with Gasteiger partial charge in [0.15, 0.2) is 0 Å². The van der Waals surface area contributed by atoms with Crippen LogP contribution in [0, 0.1) is 5.41 Å². The maximum Gasteiger partial charge on any atom is 0.416 e. The van der Waals surface area contributed by atoms with Gasteiger partial charge in [-0.25, -0.2) is 0 Å². The molecule has 0 spiro atoms. The Labute approximate surface area is 99.8 Å². The fourth-order valence-corrected chi connectivity index (χ4v) is 1.39. The van der Waals surface area contributed by atoms with Crippen LogP contribution in [0.3, 0.4) is 0 Å². The second kappa shape index (κ2) is 4.69. The van der Waals surface area contributed by atoms with Crippen LogP contribution in [-0.4, -0.2) is 6.04 Å². The van der Waals surface area contributed by atoms with Crippen LogP contribution in [0.15, 0.2) is 24.3 Å². The summed E-state index contributed by atoms with van der Waals surface area (Å²) in [5.74, 6) is 0. The Morgan fingerprint density at radius 3 is 1.88 bits per heavy atom. The average molecular weight is 245 g/mol. The van der Waals surface area contributed by atoms with Gasteiger partial charge in [-0.15, -0.1) is 0 Å². The molecule has 0 saturated carbocycles. The second-order valence-corrected chi connectivity index (χ2v) is 5.37. The highest BCUT2D eigenvalue weighted by Crippen LogP contribution is 2.29. The summed E-state index contributed by atoms with van der Waals surface area (Å²) in [5, 5.41) is 0. The largest absolute Gasteiger partial charge is 0.416 e. The SMILES string of the molecule is CC(C)(C)C(N)Cc1ccc(C(F)(F)F)cc1. The average Bonchev–Trinajstić information content (AvgIpc) is 2.15. The van der Waals surface area contributed by atoms with Crippen molar-refractivity contribution in [3.05, 3.63) is 35.4 Å². The Bertz CT molecular complexity index is 360. The van der Waals surface area contributed by atoms with Crippen LogP contribution in [0.5, 0.6) is 0 Å². The molecule has 1 atom stereocenters. The third kappa shape index (κ3) is 4.04. The third-order valence-electron chi connectivity index (χ3n) is 2.85. The van der Waals surface area contributed by atoms with Crippen molar-refractivity contribution < 1.29 is 13.2 Å². The van der Waals surface area contributed by atoms with E-state index >= 15 is 0 Å². The summed E-state index contributed by atoms with van der Waals surface area (Å²) in [5.41, 5.74) is 6.15. The molecule has 1 unspecified atom stereocenters. The van der Waals surface area contributed by atoms with Gasteiger partial charge in [-0.05, 0) is 29.5 Å². The standard InChI is InChI=1S/C13H18F3N/c1-12(2,3)11(17)8-9-4-6-10(7-5-9)13(14,15)16/h4-7,11H,8,17H2,1-3H3. The number of hydrogen-bond donors (Lipinski definition) is 1. The van der Waals surface area contributed by atoms with E-state index in [2.05, 4.69) is 0 Å². The molecule has 0 aromatic heterocycles. The van der Waals surface area contributed by atoms with E-state index in [4.69, 9.17) is 5.73 Å². The maximum absolute atomic E-state index is 12.3. The van der Waals surface area contributed by atoms with Gasteiger partial charge in [0, 0.05) is 6.04 Å². The van der Waals surface area contributed by atoms with Crippen LogP contribution in [0.4, 0.5) is 13.2 Å². The smallest absolute Gasteiger partial charge is 0.327 e. The fourth-order valence-electron chi connectivity index (χ4n) is 1.39. The molecule has 1 rings (SSSR count). The zero-order chi connectivity index (χ0) is 13.3. The van der Waals surface area contributed by atoms with E-state index in [9.17, 15) is 13.2 Å². The number of nitrogens with two attached hydrogens (primary N) is 1. The highest BCUT2D eigenvalue weighted by molar-refractivity contribution is 5.25. The summed E-state index contributed by atoms with van der Waals surface area (Å²) in [6.07, 6.45) is -3.69. The first-order valence-electron chi connectivity index (χ1n) is 5.52. The van der Waals surface area contributed by atoms with Gasteiger partial charge in [0.25, 0.3) is 0 Å². The van der Waals surface area contributed by atoms with Crippen molar-refractivity contribution in [1.29, 1.82) is 0 Å². The molecule has 0 radical (unpaired) electrons. The molecule has 0 heterocycles. The summed E-state index contributed by atoms with van der Waals surface area (Å²) in [6, 6.07) is 5.12. The zero-order valence-corrected chi connectivity index (χ0v) is 10.3. The van der Waals surface area contributed by atoms with Crippen molar-refractivity contribution >= 4 is 0 Å². The van der Waals surface area contributed by atoms with Crippen molar-refractivity contribution in [1.82, 2.24) is 0 Å². The zero-order valence-electron chi connectivity index (χ0n) is 10.3. The fraction of sp³-hybridized carbons (Fsp3) is 0.538. The first-order chi connectivity index (χ1) is 7.60. The molecular weight excluding hydrogens is 227 g/mol. The number of hydrogen-bond acceptors (Lipinski definition) is 1. The normalized spacial score (nSPS) is 14.8. The van der Waals surface area contributed by atoms with Gasteiger partial charge < -0.3 is 5.73 Å². The van der Waals surface area contributed by atoms with E-state index in [-0.39, 0.29) is 11.5 Å². The Morgan fingerprint density at radius 2 is 1.53 bits per heavy atom. The van der Waals surface area contributed by atoms with Crippen molar-refractivity contribution in [2.75, 3.05) is 0 Å². The van der Waals surface area contributed by atoms with Crippen molar-refractivity contribution in [3.8, 4) is 0 Å². The highest BCUT2D eigenvalue weighted by Gasteiger charge is 2.30. The summed E-state index contributed by atoms with van der Waals surface area (Å²) in [7, 11) is 0. The monoisotopic (exact) mass is 245 g/mol. The van der Waals surface area contributed by atoms with Gasteiger partial charge in [0.1, 0.15) is 0 Å². The van der Waals surface area contributed by atoms with Crippen LogP contribution in [0.1, 0.15) is 31.9 Å². The van der Waals surface area contributed by atoms with Gasteiger partial charge in [0.05, 0.1) is 5.56 Å². The van der Waals surface area contributed by atoms with Crippen LogP contribution in [-0.2, 0) is 12.6 Å². The lowest BCUT2D eigenvalue weighted by molar-refractivity contribution is -0.137. The predicted molar refractivity (Wildman–Crippen MR) is 62.6 cm³/mol. The van der Waals surface area contributed by atoms with Crippen LogP contribution in [0.25, 0.3) is 0 Å². The molecule has 96 valence electrons. The van der Waals surface area contributed by atoms with E-state index in [1.807, 2.05) is 20.8 Å². The van der Waals surface area contributed by atoms with E-state index in [0.29, 0.717) is 6.42 Å². The molecule has 0 aliphatic carbocycles. The van der Waals surface area contributed by atoms with Crippen LogP contribution in [0.2, 0.25) is 0 Å². The first-order valence-corrected chi connectivity index (χ1v) is 5.52. The van der Waals surface area contributed by atoms with Gasteiger partial charge in [-0.2, -0.15) is 13.2 Å². The Hall–Kier alpha value is -1.03. The van der Waals surface area contributed by atoms with Gasteiger partial charge in [-0.3, -0.25) is 0 Å². The lowest BCUT2D eigenvalue weighted by Crippen LogP contribution is -2.36. The molecule has 17 heavy (non-hydrogen) atoms. The van der Waals surface area contributed by atoms with Gasteiger partial charge in [-0.1, -0.05) is 32.9 Å². The maximum atomic E-state index is 12.3. The predicted octanol–water partition coefficient (Wildman–Crippen LogP) is 3.62. The Balaban J connectivity index is 2.76. The van der Waals surface area contributed by atoms with E-state index in [0.717, 1.165) is 17.7 Å². The molecule has 0 bridgehead atoms. The molecular formula is C13H18F3N. The molecule has 0 amide bonds. The number of halogens is 3. The first kappa shape index (κ1) is 14.0. The molecule has 4 heteroatoms. The van der Waals surface area contributed by atoms with Gasteiger partial charge in [0.2, 0.25) is 0 Å². The van der Waals surface area contributed by atoms with Crippen LogP contribution >= 0.6 is 0 Å². The van der Waals surface area contributed by atoms with Crippen LogP contribution < -0.4 is 5.73 Å². The molecule has 1 aromatic carbocycles. The summed E-state index contributed by atoms with van der Waals surface area (Å²) >= 11 is 0. The molecule has 1 aromatic rings. The number of alkyl halides is 3. The molecule has 0 saturated heterocycles. The number of rotatable bonds is 2. The molecule has 0 aliphatic rings. The van der Waals surface area contributed by atoms with E-state index < -0.39 is 11.7 Å². The molecule has 2 N–H and O–H groups in total. The van der Waals surface area contributed by atoms with Gasteiger partial charge >= 0.3 is 6.18 Å². The summed E-state index contributed by atoms with van der Waals surface area (Å²) in [6.45, 7) is 6.05. The molecule has 1 nitrogen and oxygen atoms in total. The molecule has 0 fully saturated rings. The van der Waals surface area contributed by atoms with E-state index in [1.165, 1.54) is 12.1 Å². The third-order valence-corrected chi connectivity index (χ3v) is 2.85. The minimum Gasteiger partial charge on any atom is -0.327 e. The second-order valence-electron chi connectivity index (χ2n) is 5.37. The Kier molecular flexibility index (Phi) is 3.87.